The van der Waals surface area contributed by atoms with E-state index >= 15 is 0 Å². The fourth-order valence-electron chi connectivity index (χ4n) is 6.57. The summed E-state index contributed by atoms with van der Waals surface area (Å²) in [5, 5.41) is 38.8. The summed E-state index contributed by atoms with van der Waals surface area (Å²) in [7, 11) is 0. The maximum atomic E-state index is 12.0. The highest BCUT2D eigenvalue weighted by atomic mass is 16.4. The lowest BCUT2D eigenvalue weighted by Gasteiger charge is -2.58. The highest BCUT2D eigenvalue weighted by Gasteiger charge is 2.60. The second-order valence-electron chi connectivity index (χ2n) is 9.53. The Kier molecular flexibility index (Phi) is 7.20. The van der Waals surface area contributed by atoms with Crippen molar-refractivity contribution < 1.29 is 39.6 Å². The number of fused-ring (bicyclic) bond motifs is 1. The van der Waals surface area contributed by atoms with E-state index in [0.29, 0.717) is 32.1 Å². The zero-order valence-corrected chi connectivity index (χ0v) is 18.1. The summed E-state index contributed by atoms with van der Waals surface area (Å²) in [5.74, 6) is -7.82. The molecule has 0 aliphatic heterocycles. The fraction of sp³-hybridized carbons (Fsp3) is 0.818. The minimum atomic E-state index is -1.05. The van der Waals surface area contributed by atoms with Gasteiger partial charge in [-0.05, 0) is 61.2 Å². The van der Waals surface area contributed by atoms with Gasteiger partial charge in [0.1, 0.15) is 0 Å². The van der Waals surface area contributed by atoms with E-state index in [4.69, 9.17) is 0 Å². The van der Waals surface area contributed by atoms with Crippen molar-refractivity contribution in [2.24, 2.45) is 52.8 Å². The molecular formula is C22H34O8. The second-order valence-corrected chi connectivity index (χ2v) is 9.53. The van der Waals surface area contributed by atoms with Crippen LogP contribution in [0.3, 0.4) is 0 Å². The van der Waals surface area contributed by atoms with Gasteiger partial charge in [-0.25, -0.2) is 0 Å². The molecule has 2 aliphatic carbocycles. The molecule has 0 spiro atoms. The van der Waals surface area contributed by atoms with Crippen LogP contribution in [0.15, 0.2) is 0 Å². The lowest BCUT2D eigenvalue weighted by Crippen LogP contribution is -2.57. The first-order valence-corrected chi connectivity index (χ1v) is 10.8. The lowest BCUT2D eigenvalue weighted by atomic mass is 9.45. The number of rotatable bonds is 8. The van der Waals surface area contributed by atoms with Crippen molar-refractivity contribution in [3.63, 3.8) is 0 Å². The van der Waals surface area contributed by atoms with E-state index in [1.54, 1.807) is 27.7 Å². The van der Waals surface area contributed by atoms with Crippen LogP contribution in [0.5, 0.6) is 0 Å². The van der Waals surface area contributed by atoms with E-state index < -0.39 is 53.0 Å². The number of hydrogen-bond donors (Lipinski definition) is 4. The van der Waals surface area contributed by atoms with E-state index in [9.17, 15) is 39.6 Å². The maximum absolute atomic E-state index is 12.0. The highest BCUT2D eigenvalue weighted by molar-refractivity contribution is 5.76. The van der Waals surface area contributed by atoms with Crippen LogP contribution >= 0.6 is 0 Å². The number of carbonyl (C=O) groups is 4. The number of carboxylic acids is 4. The smallest absolute Gasteiger partial charge is 0.306 e. The third-order valence-corrected chi connectivity index (χ3v) is 8.57. The normalized spacial score (nSPS) is 35.3. The molecule has 0 amide bonds. The minimum absolute atomic E-state index is 0.136. The van der Waals surface area contributed by atoms with Crippen molar-refractivity contribution in [2.45, 2.75) is 59.8 Å². The summed E-state index contributed by atoms with van der Waals surface area (Å²) < 4.78 is 0. The third kappa shape index (κ3) is 4.05. The van der Waals surface area contributed by atoms with Gasteiger partial charge in [0.15, 0.2) is 0 Å². The van der Waals surface area contributed by atoms with E-state index in [1.165, 1.54) is 0 Å². The SMILES string of the molecule is CC(C(=O)O)C1CCC2C(C1)C(C(C)C(=O)O)CCC2(C(C)C(=O)O)C(C)C(=O)O. The van der Waals surface area contributed by atoms with Crippen molar-refractivity contribution in [3.8, 4) is 0 Å². The van der Waals surface area contributed by atoms with Gasteiger partial charge in [0.25, 0.3) is 0 Å². The lowest BCUT2D eigenvalue weighted by molar-refractivity contribution is -0.177. The van der Waals surface area contributed by atoms with Crippen LogP contribution in [-0.4, -0.2) is 44.3 Å². The molecule has 0 bridgehead atoms. The van der Waals surface area contributed by atoms with Gasteiger partial charge >= 0.3 is 23.9 Å². The van der Waals surface area contributed by atoms with Gasteiger partial charge < -0.3 is 20.4 Å². The first-order chi connectivity index (χ1) is 13.9. The third-order valence-electron chi connectivity index (χ3n) is 8.57. The van der Waals surface area contributed by atoms with E-state index in [-0.39, 0.29) is 23.7 Å². The molecule has 8 nitrogen and oxygen atoms in total. The summed E-state index contributed by atoms with van der Waals surface area (Å²) in [6.07, 6.45) is 2.35. The van der Waals surface area contributed by atoms with E-state index in [2.05, 4.69) is 0 Å². The molecule has 0 radical (unpaired) electrons. The van der Waals surface area contributed by atoms with Crippen LogP contribution in [0.2, 0.25) is 0 Å². The predicted octanol–water partition coefficient (Wildman–Crippen LogP) is 3.30. The van der Waals surface area contributed by atoms with Gasteiger partial charge in [-0.3, -0.25) is 19.2 Å². The molecule has 8 heteroatoms. The average Bonchev–Trinajstić information content (AvgIpc) is 2.69. The zero-order valence-electron chi connectivity index (χ0n) is 18.1. The Morgan fingerprint density at radius 2 is 1.23 bits per heavy atom. The summed E-state index contributed by atoms with van der Waals surface area (Å²) in [5.41, 5.74) is -0.992. The van der Waals surface area contributed by atoms with Gasteiger partial charge in [0.05, 0.1) is 23.7 Å². The molecule has 30 heavy (non-hydrogen) atoms. The molecule has 8 atom stereocenters. The van der Waals surface area contributed by atoms with E-state index in [1.807, 2.05) is 0 Å². The van der Waals surface area contributed by atoms with Crippen LogP contribution in [0, 0.1) is 52.8 Å². The molecule has 2 aliphatic rings. The molecule has 0 aromatic carbocycles. The van der Waals surface area contributed by atoms with E-state index in [0.717, 1.165) is 0 Å². The quantitative estimate of drug-likeness (QED) is 0.462. The molecule has 0 aromatic rings. The number of carboxylic acid groups (broad SMARTS) is 4. The van der Waals surface area contributed by atoms with Crippen molar-refractivity contribution in [2.75, 3.05) is 0 Å². The van der Waals surface area contributed by atoms with Gasteiger partial charge in [0, 0.05) is 0 Å². The van der Waals surface area contributed by atoms with Crippen LogP contribution in [0.25, 0.3) is 0 Å². The minimum Gasteiger partial charge on any atom is -0.481 e. The molecule has 0 saturated heterocycles. The summed E-state index contributed by atoms with van der Waals surface area (Å²) in [4.78, 5) is 47.4. The van der Waals surface area contributed by atoms with Crippen LogP contribution < -0.4 is 0 Å². The van der Waals surface area contributed by atoms with Gasteiger partial charge in [-0.1, -0.05) is 27.7 Å². The predicted molar refractivity (Wildman–Crippen MR) is 107 cm³/mol. The Balaban J connectivity index is 2.55. The monoisotopic (exact) mass is 426 g/mol. The van der Waals surface area contributed by atoms with Gasteiger partial charge in [0.2, 0.25) is 0 Å². The standard InChI is InChI=1S/C22H34O8/c1-10(18(23)24)14-5-6-17-16(9-14)15(11(2)19(25)26)7-8-22(17,12(3)20(27)28)13(4)21(29)30/h10-17H,5-9H2,1-4H3,(H,23,24)(H,25,26)(H,27,28)(H,29,30). The van der Waals surface area contributed by atoms with Crippen molar-refractivity contribution >= 4 is 23.9 Å². The van der Waals surface area contributed by atoms with Crippen LogP contribution in [0.1, 0.15) is 59.8 Å². The molecule has 2 fully saturated rings. The number of hydrogen-bond acceptors (Lipinski definition) is 4. The van der Waals surface area contributed by atoms with Crippen LogP contribution in [0.4, 0.5) is 0 Å². The Morgan fingerprint density at radius 1 is 0.733 bits per heavy atom. The molecule has 2 saturated carbocycles. The number of aliphatic carboxylic acids is 4. The summed E-state index contributed by atoms with van der Waals surface area (Å²) in [6.45, 7) is 6.42. The average molecular weight is 427 g/mol. The molecule has 4 N–H and O–H groups in total. The molecule has 2 rings (SSSR count). The fourth-order valence-corrected chi connectivity index (χ4v) is 6.57. The zero-order chi connectivity index (χ0) is 23.0. The summed E-state index contributed by atoms with van der Waals surface area (Å²) >= 11 is 0. The van der Waals surface area contributed by atoms with Crippen LogP contribution in [-0.2, 0) is 19.2 Å². The van der Waals surface area contributed by atoms with Crippen molar-refractivity contribution in [1.29, 1.82) is 0 Å². The largest absolute Gasteiger partial charge is 0.481 e. The van der Waals surface area contributed by atoms with Crippen molar-refractivity contribution in [3.05, 3.63) is 0 Å². The molecule has 0 aromatic heterocycles. The first-order valence-electron chi connectivity index (χ1n) is 10.8. The Hall–Kier alpha value is -2.12. The highest BCUT2D eigenvalue weighted by Crippen LogP contribution is 2.62. The summed E-state index contributed by atoms with van der Waals surface area (Å²) in [6, 6.07) is 0. The maximum Gasteiger partial charge on any atom is 0.306 e. The Morgan fingerprint density at radius 3 is 1.67 bits per heavy atom. The topological polar surface area (TPSA) is 149 Å². The Bertz CT molecular complexity index is 681. The van der Waals surface area contributed by atoms with Gasteiger partial charge in [-0.2, -0.15) is 0 Å². The molecular weight excluding hydrogens is 392 g/mol. The van der Waals surface area contributed by atoms with Crippen molar-refractivity contribution in [1.82, 2.24) is 0 Å². The molecule has 8 unspecified atom stereocenters. The second kappa shape index (κ2) is 8.94. The molecule has 170 valence electrons. The first kappa shape index (κ1) is 24.2. The van der Waals surface area contributed by atoms with Gasteiger partial charge in [-0.15, -0.1) is 0 Å². The molecule has 0 heterocycles. The Labute approximate surface area is 176 Å².